The molecule has 100 valence electrons. The first kappa shape index (κ1) is 13.1. The second kappa shape index (κ2) is 5.56. The van der Waals surface area contributed by atoms with Gasteiger partial charge in [0.25, 0.3) is 0 Å². The Bertz CT molecular complexity index is 560. The summed E-state index contributed by atoms with van der Waals surface area (Å²) in [5, 5.41) is 13.1. The quantitative estimate of drug-likeness (QED) is 0.889. The van der Waals surface area contributed by atoms with Crippen LogP contribution in [0.25, 0.3) is 0 Å². The molecule has 0 radical (unpaired) electrons. The Morgan fingerprint density at radius 2 is 2.05 bits per heavy atom. The molecule has 0 saturated heterocycles. The third kappa shape index (κ3) is 3.58. The summed E-state index contributed by atoms with van der Waals surface area (Å²) in [7, 11) is 1.84. The molecule has 1 aromatic carbocycles. The van der Waals surface area contributed by atoms with Crippen molar-refractivity contribution in [1.82, 2.24) is 9.78 Å². The van der Waals surface area contributed by atoms with E-state index in [1.807, 2.05) is 49.3 Å². The van der Waals surface area contributed by atoms with Gasteiger partial charge in [0.2, 0.25) is 0 Å². The maximum absolute atomic E-state index is 11.0. The zero-order valence-corrected chi connectivity index (χ0v) is 11.1. The average molecular weight is 259 g/mol. The Balaban J connectivity index is 2.20. The third-order valence-corrected chi connectivity index (χ3v) is 2.86. The Morgan fingerprint density at radius 3 is 2.58 bits per heavy atom. The van der Waals surface area contributed by atoms with Crippen LogP contribution in [-0.2, 0) is 18.4 Å². The topological polar surface area (TPSA) is 58.4 Å². The molecule has 5 nitrogen and oxygen atoms in total. The highest BCUT2D eigenvalue weighted by molar-refractivity contribution is 5.73. The highest BCUT2D eigenvalue weighted by atomic mass is 16.4. The van der Waals surface area contributed by atoms with Gasteiger partial charge in [0, 0.05) is 31.0 Å². The summed E-state index contributed by atoms with van der Waals surface area (Å²) < 4.78 is 1.71. The van der Waals surface area contributed by atoms with Gasteiger partial charge in [0.15, 0.2) is 0 Å². The van der Waals surface area contributed by atoms with E-state index in [-0.39, 0.29) is 6.54 Å². The highest BCUT2D eigenvalue weighted by Gasteiger charge is 2.12. The number of hydrogen-bond acceptors (Lipinski definition) is 3. The fraction of sp³-hybridized carbons (Fsp3) is 0.286. The largest absolute Gasteiger partial charge is 0.480 e. The van der Waals surface area contributed by atoms with Crippen LogP contribution >= 0.6 is 0 Å². The summed E-state index contributed by atoms with van der Waals surface area (Å²) in [6.45, 7) is 2.51. The number of hydrogen-bond donors (Lipinski definition) is 1. The molecule has 5 heteroatoms. The molecule has 2 aromatic rings. The average Bonchev–Trinajstić information content (AvgIpc) is 2.74. The number of rotatable bonds is 5. The minimum absolute atomic E-state index is 0.0298. The van der Waals surface area contributed by atoms with E-state index in [4.69, 9.17) is 5.11 Å². The number of nitrogens with zero attached hydrogens (tertiary/aromatic N) is 3. The van der Waals surface area contributed by atoms with E-state index in [0.29, 0.717) is 6.54 Å². The third-order valence-electron chi connectivity index (χ3n) is 2.86. The lowest BCUT2D eigenvalue weighted by Gasteiger charge is -2.22. The van der Waals surface area contributed by atoms with E-state index >= 15 is 0 Å². The first-order valence-electron chi connectivity index (χ1n) is 6.05. The van der Waals surface area contributed by atoms with Crippen molar-refractivity contribution in [3.8, 4) is 0 Å². The molecule has 0 saturated carbocycles. The molecule has 0 aliphatic carbocycles. The SMILES string of the molecule is Cc1ccc(N(CC(=O)O)Cc2cnn(C)c2)cc1. The number of anilines is 1. The molecular weight excluding hydrogens is 242 g/mol. The second-order valence-corrected chi connectivity index (χ2v) is 4.61. The zero-order valence-electron chi connectivity index (χ0n) is 11.1. The highest BCUT2D eigenvalue weighted by Crippen LogP contribution is 2.17. The lowest BCUT2D eigenvalue weighted by atomic mass is 10.2. The van der Waals surface area contributed by atoms with Crippen molar-refractivity contribution in [3.05, 3.63) is 47.8 Å². The van der Waals surface area contributed by atoms with Crippen molar-refractivity contribution in [2.24, 2.45) is 7.05 Å². The van der Waals surface area contributed by atoms with Gasteiger partial charge in [-0.1, -0.05) is 17.7 Å². The molecule has 1 heterocycles. The van der Waals surface area contributed by atoms with E-state index in [9.17, 15) is 4.79 Å². The van der Waals surface area contributed by atoms with E-state index in [0.717, 1.165) is 16.8 Å². The summed E-state index contributed by atoms with van der Waals surface area (Å²) in [6, 6.07) is 7.84. The number of aromatic nitrogens is 2. The molecular formula is C14H17N3O2. The maximum Gasteiger partial charge on any atom is 0.323 e. The normalized spacial score (nSPS) is 10.4. The Kier molecular flexibility index (Phi) is 3.85. The van der Waals surface area contributed by atoms with Crippen LogP contribution in [-0.4, -0.2) is 27.4 Å². The van der Waals surface area contributed by atoms with Crippen molar-refractivity contribution in [1.29, 1.82) is 0 Å². The number of carboxylic acid groups (broad SMARTS) is 1. The molecule has 0 amide bonds. The zero-order chi connectivity index (χ0) is 13.8. The predicted molar refractivity (Wildman–Crippen MR) is 73.1 cm³/mol. The monoisotopic (exact) mass is 259 g/mol. The first-order valence-corrected chi connectivity index (χ1v) is 6.05. The van der Waals surface area contributed by atoms with Gasteiger partial charge in [-0.3, -0.25) is 9.48 Å². The lowest BCUT2D eigenvalue weighted by molar-refractivity contribution is -0.135. The number of carboxylic acids is 1. The molecule has 0 aliphatic rings. The van der Waals surface area contributed by atoms with E-state index in [1.165, 1.54) is 0 Å². The number of carbonyl (C=O) groups is 1. The summed E-state index contributed by atoms with van der Waals surface area (Å²) in [4.78, 5) is 12.8. The first-order chi connectivity index (χ1) is 9.04. The second-order valence-electron chi connectivity index (χ2n) is 4.61. The van der Waals surface area contributed by atoms with Gasteiger partial charge in [0.05, 0.1) is 6.20 Å². The molecule has 1 aromatic heterocycles. The van der Waals surface area contributed by atoms with Crippen LogP contribution in [0, 0.1) is 6.92 Å². The van der Waals surface area contributed by atoms with Crippen molar-refractivity contribution in [3.63, 3.8) is 0 Å². The summed E-state index contributed by atoms with van der Waals surface area (Å²) in [5.41, 5.74) is 3.04. The minimum atomic E-state index is -0.843. The Labute approximate surface area is 112 Å². The molecule has 0 fully saturated rings. The van der Waals surface area contributed by atoms with E-state index in [1.54, 1.807) is 10.9 Å². The van der Waals surface area contributed by atoms with Crippen LogP contribution < -0.4 is 4.90 Å². The molecule has 19 heavy (non-hydrogen) atoms. The van der Waals surface area contributed by atoms with Gasteiger partial charge in [-0.05, 0) is 19.1 Å². The van der Waals surface area contributed by atoms with Gasteiger partial charge in [-0.15, -0.1) is 0 Å². The Hall–Kier alpha value is -2.30. The van der Waals surface area contributed by atoms with Gasteiger partial charge in [-0.25, -0.2) is 0 Å². The van der Waals surface area contributed by atoms with Crippen LogP contribution in [0.15, 0.2) is 36.7 Å². The standard InChI is InChI=1S/C14H17N3O2/c1-11-3-5-13(6-4-11)17(10-14(18)19)9-12-7-15-16(2)8-12/h3-8H,9-10H2,1-2H3,(H,18,19). The predicted octanol–water partition coefficient (Wildman–Crippen LogP) is 1.82. The smallest absolute Gasteiger partial charge is 0.323 e. The van der Waals surface area contributed by atoms with Gasteiger partial charge >= 0.3 is 5.97 Å². The van der Waals surface area contributed by atoms with Crippen molar-refractivity contribution < 1.29 is 9.90 Å². The number of benzene rings is 1. The fourth-order valence-electron chi connectivity index (χ4n) is 1.93. The molecule has 2 rings (SSSR count). The van der Waals surface area contributed by atoms with Crippen molar-refractivity contribution in [2.45, 2.75) is 13.5 Å². The Morgan fingerprint density at radius 1 is 1.37 bits per heavy atom. The van der Waals surface area contributed by atoms with Gasteiger partial charge in [-0.2, -0.15) is 5.10 Å². The summed E-state index contributed by atoms with van der Waals surface area (Å²) in [5.74, 6) is -0.843. The van der Waals surface area contributed by atoms with Gasteiger partial charge in [0.1, 0.15) is 6.54 Å². The van der Waals surface area contributed by atoms with Gasteiger partial charge < -0.3 is 10.0 Å². The minimum Gasteiger partial charge on any atom is -0.480 e. The van der Waals surface area contributed by atoms with Crippen LogP contribution in [0.3, 0.4) is 0 Å². The molecule has 1 N–H and O–H groups in total. The van der Waals surface area contributed by atoms with Crippen LogP contribution in [0.2, 0.25) is 0 Å². The molecule has 0 spiro atoms. The van der Waals surface area contributed by atoms with Crippen molar-refractivity contribution in [2.75, 3.05) is 11.4 Å². The molecule has 0 bridgehead atoms. The summed E-state index contributed by atoms with van der Waals surface area (Å²) in [6.07, 6.45) is 3.64. The van der Waals surface area contributed by atoms with Crippen LogP contribution in [0.1, 0.15) is 11.1 Å². The number of aliphatic carboxylic acids is 1. The fourth-order valence-corrected chi connectivity index (χ4v) is 1.93. The van der Waals surface area contributed by atoms with Crippen LogP contribution in [0.4, 0.5) is 5.69 Å². The number of aryl methyl sites for hydroxylation is 2. The molecule has 0 aliphatic heterocycles. The molecule has 0 unspecified atom stereocenters. The lowest BCUT2D eigenvalue weighted by Crippen LogP contribution is -2.29. The van der Waals surface area contributed by atoms with Crippen LogP contribution in [0.5, 0.6) is 0 Å². The van der Waals surface area contributed by atoms with E-state index in [2.05, 4.69) is 5.10 Å². The van der Waals surface area contributed by atoms with Crippen molar-refractivity contribution >= 4 is 11.7 Å². The van der Waals surface area contributed by atoms with E-state index < -0.39 is 5.97 Å². The summed E-state index contributed by atoms with van der Waals surface area (Å²) >= 11 is 0. The molecule has 0 atom stereocenters. The maximum atomic E-state index is 11.0.